The van der Waals surface area contributed by atoms with Gasteiger partial charge in [-0.2, -0.15) is 0 Å². The molecule has 2 fully saturated rings. The first-order valence-corrected chi connectivity index (χ1v) is 11.3. The Morgan fingerprint density at radius 3 is 1.22 bits per heavy atom. The molecule has 2 saturated carbocycles. The first-order valence-electron chi connectivity index (χ1n) is 7.18. The van der Waals surface area contributed by atoms with E-state index in [-0.39, 0.29) is 16.8 Å². The van der Waals surface area contributed by atoms with Crippen LogP contribution in [0.15, 0.2) is 0 Å². The highest BCUT2D eigenvalue weighted by molar-refractivity contribution is 7.61. The fourth-order valence-electron chi connectivity index (χ4n) is 3.37. The van der Waals surface area contributed by atoms with Gasteiger partial charge in [-0.15, -0.1) is 15.8 Å². The van der Waals surface area contributed by atoms with Crippen molar-refractivity contribution in [1.29, 1.82) is 0 Å². The molecule has 100 valence electrons. The summed E-state index contributed by atoms with van der Waals surface area (Å²) in [7, 11) is 0.775. The Bertz CT molecular complexity index is 180. The van der Waals surface area contributed by atoms with Gasteiger partial charge in [-0.25, -0.2) is 0 Å². The normalized spacial score (nSPS) is 24.3. The second kappa shape index (κ2) is 9.83. The molecule has 2 aliphatic carbocycles. The van der Waals surface area contributed by atoms with Crippen molar-refractivity contribution >= 4 is 32.7 Å². The van der Waals surface area contributed by atoms with Crippen LogP contribution in [0.2, 0.25) is 0 Å². The SMILES string of the molecule is C[P@@](CC[P@](C)C1CCCC1)C1CCCC1.[B].[B]. The lowest BCUT2D eigenvalue weighted by Crippen LogP contribution is -2.07. The van der Waals surface area contributed by atoms with Crippen LogP contribution in [0.1, 0.15) is 51.4 Å². The average Bonchev–Trinajstić information content (AvgIpc) is 2.95. The van der Waals surface area contributed by atoms with Gasteiger partial charge < -0.3 is 0 Å². The lowest BCUT2D eigenvalue weighted by atomic mass is 10.4. The summed E-state index contributed by atoms with van der Waals surface area (Å²) in [6, 6.07) is 0. The molecule has 2 atom stereocenters. The molecule has 2 rings (SSSR count). The van der Waals surface area contributed by atoms with Crippen molar-refractivity contribution in [3.8, 4) is 0 Å². The summed E-state index contributed by atoms with van der Waals surface area (Å²) >= 11 is 0. The van der Waals surface area contributed by atoms with Gasteiger partial charge in [-0.05, 0) is 62.7 Å². The largest absolute Gasteiger partial charge is 0.106 e. The van der Waals surface area contributed by atoms with E-state index in [2.05, 4.69) is 13.3 Å². The summed E-state index contributed by atoms with van der Waals surface area (Å²) in [5, 5.41) is 0. The van der Waals surface area contributed by atoms with E-state index in [1.165, 1.54) is 25.7 Å². The van der Waals surface area contributed by atoms with Crippen LogP contribution in [-0.4, -0.2) is 53.8 Å². The van der Waals surface area contributed by atoms with Gasteiger partial charge in [0.1, 0.15) is 0 Å². The number of hydrogen-bond donors (Lipinski definition) is 0. The number of hydrogen-bond acceptors (Lipinski definition) is 0. The van der Waals surface area contributed by atoms with Crippen molar-refractivity contribution in [3.05, 3.63) is 0 Å². The molecule has 0 saturated heterocycles. The van der Waals surface area contributed by atoms with Gasteiger partial charge in [0.2, 0.25) is 0 Å². The molecule has 0 N–H and O–H groups in total. The van der Waals surface area contributed by atoms with E-state index in [0.29, 0.717) is 15.8 Å². The van der Waals surface area contributed by atoms with Crippen LogP contribution in [0.4, 0.5) is 0 Å². The Hall–Kier alpha value is 0.990. The third kappa shape index (κ3) is 5.54. The predicted molar refractivity (Wildman–Crippen MR) is 91.4 cm³/mol. The summed E-state index contributed by atoms with van der Waals surface area (Å²) in [5.41, 5.74) is 2.31. The van der Waals surface area contributed by atoms with Crippen molar-refractivity contribution < 1.29 is 0 Å². The zero-order valence-electron chi connectivity index (χ0n) is 12.3. The molecular formula is C14H28B2P2. The van der Waals surface area contributed by atoms with E-state index < -0.39 is 0 Å². The summed E-state index contributed by atoms with van der Waals surface area (Å²) < 4.78 is 0. The zero-order valence-corrected chi connectivity index (χ0v) is 14.1. The molecule has 0 aromatic carbocycles. The van der Waals surface area contributed by atoms with Crippen LogP contribution in [0.3, 0.4) is 0 Å². The predicted octanol–water partition coefficient (Wildman–Crippen LogP) is 4.33. The Morgan fingerprint density at radius 2 is 0.944 bits per heavy atom. The van der Waals surface area contributed by atoms with Crippen molar-refractivity contribution in [2.75, 3.05) is 25.7 Å². The van der Waals surface area contributed by atoms with Crippen molar-refractivity contribution in [2.24, 2.45) is 0 Å². The first kappa shape index (κ1) is 19.0. The topological polar surface area (TPSA) is 0 Å². The third-order valence-corrected chi connectivity index (χ3v) is 10.4. The fraction of sp³-hybridized carbons (Fsp3) is 1.00. The molecule has 0 heterocycles. The second-order valence-corrected chi connectivity index (χ2v) is 11.2. The van der Waals surface area contributed by atoms with Crippen molar-refractivity contribution in [1.82, 2.24) is 0 Å². The molecule has 0 nitrogen and oxygen atoms in total. The van der Waals surface area contributed by atoms with Gasteiger partial charge in [0.15, 0.2) is 0 Å². The van der Waals surface area contributed by atoms with Crippen LogP contribution in [0, 0.1) is 0 Å². The smallest absolute Gasteiger partial charge is 0 e. The molecule has 0 aromatic rings. The standard InChI is InChI=1S/C14H28P2.2B/c1-15(13-7-3-4-8-13)11-12-16(2)14-9-5-6-10-14;;/h13-14H,3-12H2,1-2H3;;/t15-,16-;;/m0../s1. The van der Waals surface area contributed by atoms with Gasteiger partial charge in [0.05, 0.1) is 0 Å². The monoisotopic (exact) mass is 280 g/mol. The lowest BCUT2D eigenvalue weighted by Gasteiger charge is -2.24. The molecule has 0 bridgehead atoms. The van der Waals surface area contributed by atoms with Crippen molar-refractivity contribution in [2.45, 2.75) is 62.7 Å². The summed E-state index contributed by atoms with van der Waals surface area (Å²) in [6.07, 6.45) is 15.6. The quantitative estimate of drug-likeness (QED) is 0.519. The molecule has 0 aromatic heterocycles. The Labute approximate surface area is 121 Å². The van der Waals surface area contributed by atoms with Gasteiger partial charge in [-0.3, -0.25) is 0 Å². The lowest BCUT2D eigenvalue weighted by molar-refractivity contribution is 0.885. The van der Waals surface area contributed by atoms with E-state index in [1.807, 2.05) is 0 Å². The highest BCUT2D eigenvalue weighted by Crippen LogP contribution is 2.51. The third-order valence-electron chi connectivity index (χ3n) is 4.70. The molecule has 0 aliphatic heterocycles. The first-order chi connectivity index (χ1) is 7.77. The summed E-state index contributed by atoms with van der Waals surface area (Å²) in [6.45, 7) is 5.17. The maximum absolute atomic E-state index is 2.59. The number of rotatable bonds is 5. The van der Waals surface area contributed by atoms with Crippen LogP contribution >= 0.6 is 15.8 Å². The maximum Gasteiger partial charge on any atom is 0 e. The molecule has 18 heavy (non-hydrogen) atoms. The van der Waals surface area contributed by atoms with Crippen LogP contribution in [0.5, 0.6) is 0 Å². The van der Waals surface area contributed by atoms with Gasteiger partial charge >= 0.3 is 0 Å². The average molecular weight is 280 g/mol. The van der Waals surface area contributed by atoms with Gasteiger partial charge in [0, 0.05) is 16.8 Å². The van der Waals surface area contributed by atoms with Crippen molar-refractivity contribution in [3.63, 3.8) is 0 Å². The maximum atomic E-state index is 2.59. The van der Waals surface area contributed by atoms with Crippen LogP contribution in [-0.2, 0) is 0 Å². The summed E-state index contributed by atoms with van der Waals surface area (Å²) in [5.74, 6) is 0. The molecule has 0 unspecified atom stereocenters. The zero-order chi connectivity index (χ0) is 11.4. The molecule has 4 heteroatoms. The minimum absolute atomic E-state index is 0. The van der Waals surface area contributed by atoms with E-state index in [1.54, 1.807) is 38.0 Å². The Balaban J connectivity index is 0.00000144. The molecule has 2 aliphatic rings. The van der Waals surface area contributed by atoms with E-state index in [0.717, 1.165) is 11.3 Å². The molecular weight excluding hydrogens is 252 g/mol. The highest BCUT2D eigenvalue weighted by Gasteiger charge is 2.24. The minimum Gasteiger partial charge on any atom is -0.106 e. The second-order valence-electron chi connectivity index (χ2n) is 5.84. The van der Waals surface area contributed by atoms with Crippen LogP contribution < -0.4 is 0 Å². The molecule has 6 radical (unpaired) electrons. The molecule has 0 spiro atoms. The van der Waals surface area contributed by atoms with Crippen LogP contribution in [0.25, 0.3) is 0 Å². The van der Waals surface area contributed by atoms with Gasteiger partial charge in [0.25, 0.3) is 0 Å². The summed E-state index contributed by atoms with van der Waals surface area (Å²) in [4.78, 5) is 0. The molecule has 0 amide bonds. The Kier molecular flexibility index (Phi) is 10.4. The van der Waals surface area contributed by atoms with E-state index in [9.17, 15) is 0 Å². The minimum atomic E-state index is 0. The highest BCUT2D eigenvalue weighted by atomic mass is 31.1. The van der Waals surface area contributed by atoms with E-state index in [4.69, 9.17) is 0 Å². The fourth-order valence-corrected chi connectivity index (χ4v) is 9.12. The van der Waals surface area contributed by atoms with E-state index >= 15 is 0 Å². The van der Waals surface area contributed by atoms with Gasteiger partial charge in [-0.1, -0.05) is 25.7 Å². The Morgan fingerprint density at radius 1 is 0.667 bits per heavy atom.